The van der Waals surface area contributed by atoms with Crippen LogP contribution in [0.5, 0.6) is 11.5 Å². The first-order chi connectivity index (χ1) is 20.8. The van der Waals surface area contributed by atoms with Crippen molar-refractivity contribution < 1.29 is 19.1 Å². The third-order valence-corrected chi connectivity index (χ3v) is 9.13. The van der Waals surface area contributed by atoms with E-state index < -0.39 is 0 Å². The predicted octanol–water partition coefficient (Wildman–Crippen LogP) is 4.30. The summed E-state index contributed by atoms with van der Waals surface area (Å²) in [6, 6.07) is 14.7. The Morgan fingerprint density at radius 3 is 2.47 bits per heavy atom. The number of ether oxygens (including phenoxy) is 2. The highest BCUT2D eigenvalue weighted by Crippen LogP contribution is 2.33. The molecule has 3 aromatic rings. The third kappa shape index (κ3) is 7.12. The molecule has 0 saturated carbocycles. The molecular weight excluding hydrogens is 611 g/mol. The van der Waals surface area contributed by atoms with E-state index in [0.717, 1.165) is 36.7 Å². The van der Waals surface area contributed by atoms with Gasteiger partial charge in [-0.25, -0.2) is 9.97 Å². The Balaban J connectivity index is 0.990. The largest absolute Gasteiger partial charge is 0.454 e. The molecule has 6 rings (SSSR count). The summed E-state index contributed by atoms with van der Waals surface area (Å²) in [5.74, 6) is 2.54. The maximum absolute atomic E-state index is 13.1. The van der Waals surface area contributed by atoms with Crippen LogP contribution in [-0.2, 0) is 11.3 Å². The van der Waals surface area contributed by atoms with Crippen molar-refractivity contribution in [2.45, 2.75) is 24.7 Å². The van der Waals surface area contributed by atoms with E-state index in [1.165, 1.54) is 11.8 Å². The zero-order chi connectivity index (χ0) is 29.9. The zero-order valence-electron chi connectivity index (χ0n) is 23.7. The number of anilines is 1. The number of thioether (sulfide) groups is 1. The number of piperazine rings is 2. The Hall–Kier alpha value is -3.25. The summed E-state index contributed by atoms with van der Waals surface area (Å²) in [6.45, 7) is 7.78. The average Bonchev–Trinajstić information content (AvgIpc) is 3.48. The number of aromatic nitrogens is 2. The number of fused-ring (bicyclic) bond motifs is 1. The first-order valence-corrected chi connectivity index (χ1v) is 15.9. The van der Waals surface area contributed by atoms with Crippen LogP contribution in [0.2, 0.25) is 10.2 Å². The number of hydrogen-bond acceptors (Lipinski definition) is 9. The molecule has 0 aliphatic carbocycles. The van der Waals surface area contributed by atoms with Gasteiger partial charge in [0, 0.05) is 75.1 Å². The minimum absolute atomic E-state index is 0.0203. The van der Waals surface area contributed by atoms with Gasteiger partial charge in [-0.05, 0) is 48.9 Å². The maximum Gasteiger partial charge on any atom is 0.254 e. The van der Waals surface area contributed by atoms with E-state index in [9.17, 15) is 9.59 Å². The van der Waals surface area contributed by atoms with E-state index in [2.05, 4.69) is 20.9 Å². The molecule has 3 aliphatic rings. The molecule has 1 unspecified atom stereocenters. The first-order valence-electron chi connectivity index (χ1n) is 14.2. The standard InChI is InChI=1S/C30H32Cl2N6O4S/c1-20-16-37(12-13-38(20)29(40)22-3-5-23(31)6-4-22)27-15-26(32)33-30(34-27)43-18-28(39)36-10-8-35(9-11-36)17-21-2-7-24-25(14-21)42-19-41-24/h2-7,14-15,20H,8-13,16-19H2,1H3. The fourth-order valence-corrected chi connectivity index (χ4v) is 6.62. The molecule has 0 radical (unpaired) electrons. The molecule has 0 spiro atoms. The lowest BCUT2D eigenvalue weighted by Gasteiger charge is -2.40. The predicted molar refractivity (Wildman–Crippen MR) is 166 cm³/mol. The summed E-state index contributed by atoms with van der Waals surface area (Å²) in [5.41, 5.74) is 1.78. The van der Waals surface area contributed by atoms with Gasteiger partial charge in [-0.15, -0.1) is 0 Å². The van der Waals surface area contributed by atoms with Crippen LogP contribution in [0.25, 0.3) is 0 Å². The van der Waals surface area contributed by atoms with Crippen LogP contribution in [0.15, 0.2) is 53.7 Å². The van der Waals surface area contributed by atoms with Crippen LogP contribution in [0.1, 0.15) is 22.8 Å². The number of amides is 2. The lowest BCUT2D eigenvalue weighted by atomic mass is 10.1. The molecular formula is C30H32Cl2N6O4S. The zero-order valence-corrected chi connectivity index (χ0v) is 26.1. The van der Waals surface area contributed by atoms with Crippen LogP contribution in [0.3, 0.4) is 0 Å². The molecule has 2 saturated heterocycles. The van der Waals surface area contributed by atoms with E-state index in [1.807, 2.05) is 28.9 Å². The van der Waals surface area contributed by atoms with E-state index in [0.29, 0.717) is 59.4 Å². The molecule has 226 valence electrons. The van der Waals surface area contributed by atoms with Crippen molar-refractivity contribution in [3.05, 3.63) is 69.8 Å². The van der Waals surface area contributed by atoms with Crippen molar-refractivity contribution in [3.8, 4) is 11.5 Å². The monoisotopic (exact) mass is 642 g/mol. The first kappa shape index (κ1) is 29.8. The third-order valence-electron chi connectivity index (χ3n) is 7.86. The van der Waals surface area contributed by atoms with Crippen LogP contribution in [0.4, 0.5) is 5.82 Å². The second kappa shape index (κ2) is 13.2. The Morgan fingerprint density at radius 2 is 1.70 bits per heavy atom. The lowest BCUT2D eigenvalue weighted by molar-refractivity contribution is -0.130. The quantitative estimate of drug-likeness (QED) is 0.212. The highest BCUT2D eigenvalue weighted by atomic mass is 35.5. The Bertz CT molecular complexity index is 1490. The number of carbonyl (C=O) groups excluding carboxylic acids is 2. The van der Waals surface area contributed by atoms with Crippen molar-refractivity contribution in [1.29, 1.82) is 0 Å². The Labute approximate surface area is 264 Å². The summed E-state index contributed by atoms with van der Waals surface area (Å²) in [4.78, 5) is 43.4. The fraction of sp³-hybridized carbons (Fsp3) is 0.400. The van der Waals surface area contributed by atoms with Crippen molar-refractivity contribution in [2.24, 2.45) is 0 Å². The van der Waals surface area contributed by atoms with Crippen LogP contribution in [0, 0.1) is 0 Å². The Morgan fingerprint density at radius 1 is 0.930 bits per heavy atom. The number of carbonyl (C=O) groups is 2. The molecule has 1 aromatic heterocycles. The average molecular weight is 644 g/mol. The Kier molecular flexibility index (Phi) is 9.13. The van der Waals surface area contributed by atoms with Crippen LogP contribution in [-0.4, -0.2) is 101 Å². The topological polar surface area (TPSA) is 91.3 Å². The van der Waals surface area contributed by atoms with Gasteiger partial charge in [0.1, 0.15) is 11.0 Å². The SMILES string of the molecule is CC1CN(c2cc(Cl)nc(SCC(=O)N3CCN(Cc4ccc5c(c4)OCO5)CC3)n2)CCN1C(=O)c1ccc(Cl)cc1. The molecule has 4 heterocycles. The van der Waals surface area contributed by atoms with Gasteiger partial charge in [0.2, 0.25) is 12.7 Å². The molecule has 1 atom stereocenters. The molecule has 3 aliphatic heterocycles. The molecule has 2 amide bonds. The van der Waals surface area contributed by atoms with Crippen LogP contribution >= 0.6 is 35.0 Å². The molecule has 10 nitrogen and oxygen atoms in total. The number of rotatable bonds is 7. The fourth-order valence-electron chi connectivity index (χ4n) is 5.51. The highest BCUT2D eigenvalue weighted by Gasteiger charge is 2.29. The summed E-state index contributed by atoms with van der Waals surface area (Å²) in [7, 11) is 0. The molecule has 0 bridgehead atoms. The highest BCUT2D eigenvalue weighted by molar-refractivity contribution is 7.99. The van der Waals surface area contributed by atoms with Gasteiger partial charge in [0.15, 0.2) is 16.7 Å². The van der Waals surface area contributed by atoms with E-state index in [4.69, 9.17) is 37.7 Å². The van der Waals surface area contributed by atoms with Gasteiger partial charge in [-0.1, -0.05) is 41.0 Å². The van der Waals surface area contributed by atoms with Crippen molar-refractivity contribution in [1.82, 2.24) is 24.7 Å². The summed E-state index contributed by atoms with van der Waals surface area (Å²) >= 11 is 13.6. The second-order valence-electron chi connectivity index (χ2n) is 10.8. The summed E-state index contributed by atoms with van der Waals surface area (Å²) in [6.07, 6.45) is 0. The molecule has 2 aromatic carbocycles. The van der Waals surface area contributed by atoms with Gasteiger partial charge in [-0.3, -0.25) is 14.5 Å². The molecule has 0 N–H and O–H groups in total. The summed E-state index contributed by atoms with van der Waals surface area (Å²) in [5, 5.41) is 1.39. The van der Waals surface area contributed by atoms with Gasteiger partial charge < -0.3 is 24.2 Å². The summed E-state index contributed by atoms with van der Waals surface area (Å²) < 4.78 is 10.9. The van der Waals surface area contributed by atoms with Crippen molar-refractivity contribution >= 4 is 52.6 Å². The van der Waals surface area contributed by atoms with Gasteiger partial charge in [0.05, 0.1) is 5.75 Å². The molecule has 2 fully saturated rings. The minimum Gasteiger partial charge on any atom is -0.454 e. The smallest absolute Gasteiger partial charge is 0.254 e. The minimum atomic E-state index is -0.0351. The number of nitrogens with zero attached hydrogens (tertiary/aromatic N) is 6. The number of hydrogen-bond donors (Lipinski definition) is 0. The second-order valence-corrected chi connectivity index (χ2v) is 12.5. The van der Waals surface area contributed by atoms with Crippen molar-refractivity contribution in [3.63, 3.8) is 0 Å². The normalized spacial score (nSPS) is 18.7. The molecule has 13 heteroatoms. The van der Waals surface area contributed by atoms with Gasteiger partial charge in [0.25, 0.3) is 5.91 Å². The maximum atomic E-state index is 13.1. The number of halogens is 2. The van der Waals surface area contributed by atoms with Crippen molar-refractivity contribution in [2.75, 3.05) is 63.3 Å². The lowest BCUT2D eigenvalue weighted by Crippen LogP contribution is -2.54. The number of benzene rings is 2. The van der Waals surface area contributed by atoms with E-state index in [-0.39, 0.29) is 30.4 Å². The molecule has 43 heavy (non-hydrogen) atoms. The van der Waals surface area contributed by atoms with E-state index in [1.54, 1.807) is 30.3 Å². The van der Waals surface area contributed by atoms with Gasteiger partial charge in [-0.2, -0.15) is 0 Å². The van der Waals surface area contributed by atoms with Crippen LogP contribution < -0.4 is 14.4 Å². The van der Waals surface area contributed by atoms with E-state index >= 15 is 0 Å². The van der Waals surface area contributed by atoms with Gasteiger partial charge >= 0.3 is 0 Å².